The number of hydrogen-bond acceptors (Lipinski definition) is 6. The molecule has 0 saturated carbocycles. The molecule has 2 amide bonds. The molecular weight excluding hydrogens is 620 g/mol. The van der Waals surface area contributed by atoms with Gasteiger partial charge in [0.2, 0.25) is 11.8 Å². The molecule has 2 aliphatic heterocycles. The van der Waals surface area contributed by atoms with Crippen LogP contribution in [0.2, 0.25) is 0 Å². The van der Waals surface area contributed by atoms with Gasteiger partial charge in [-0.3, -0.25) is 9.59 Å². The third-order valence-corrected chi connectivity index (χ3v) is 9.29. The predicted octanol–water partition coefficient (Wildman–Crippen LogP) is 5.09. The topological polar surface area (TPSA) is 128 Å². The maximum atomic E-state index is 13.7. The van der Waals surface area contributed by atoms with Crippen molar-refractivity contribution in [2.75, 3.05) is 24.7 Å². The summed E-state index contributed by atoms with van der Waals surface area (Å²) in [6.07, 6.45) is 1.60. The van der Waals surface area contributed by atoms with Crippen molar-refractivity contribution in [2.24, 2.45) is 11.8 Å². The number of ether oxygens (including phenoxy) is 1. The Kier molecular flexibility index (Phi) is 11.2. The maximum Gasteiger partial charge on any atom is 0.326 e. The number of carboxylic acids is 1. The predicted molar refractivity (Wildman–Crippen MR) is 176 cm³/mol. The van der Waals surface area contributed by atoms with Crippen LogP contribution in [0.4, 0.5) is 14.5 Å². The van der Waals surface area contributed by atoms with Crippen molar-refractivity contribution in [3.8, 4) is 0 Å². The van der Waals surface area contributed by atoms with Crippen LogP contribution in [0, 0.1) is 23.5 Å². The van der Waals surface area contributed by atoms with Gasteiger partial charge in [0.1, 0.15) is 17.7 Å². The molecule has 2 saturated heterocycles. The van der Waals surface area contributed by atoms with E-state index < -0.39 is 29.5 Å². The number of aryl methyl sites for hydroxylation is 1. The van der Waals surface area contributed by atoms with Crippen molar-refractivity contribution in [2.45, 2.75) is 69.7 Å². The Morgan fingerprint density at radius 1 is 0.979 bits per heavy atom. The van der Waals surface area contributed by atoms with Crippen molar-refractivity contribution in [1.29, 1.82) is 0 Å². The molecule has 4 atom stereocenters. The van der Waals surface area contributed by atoms with E-state index >= 15 is 0 Å². The van der Waals surface area contributed by atoms with Crippen LogP contribution in [0.5, 0.6) is 0 Å². The summed E-state index contributed by atoms with van der Waals surface area (Å²) in [4.78, 5) is 39.2. The van der Waals surface area contributed by atoms with Crippen molar-refractivity contribution in [3.63, 3.8) is 0 Å². The van der Waals surface area contributed by atoms with Crippen LogP contribution in [-0.2, 0) is 25.5 Å². The molecule has 0 aliphatic carbocycles. The van der Waals surface area contributed by atoms with Gasteiger partial charge in [0.05, 0.1) is 36.8 Å². The number of nitrogens with zero attached hydrogens (tertiary/aromatic N) is 1. The summed E-state index contributed by atoms with van der Waals surface area (Å²) in [5.41, 5.74) is 2.70. The van der Waals surface area contributed by atoms with Crippen molar-refractivity contribution in [3.05, 3.63) is 101 Å². The summed E-state index contributed by atoms with van der Waals surface area (Å²) in [5.74, 6) is -2.87. The Bertz CT molecular complexity index is 1560. The zero-order valence-corrected chi connectivity index (χ0v) is 27.2. The van der Waals surface area contributed by atoms with Gasteiger partial charge in [0, 0.05) is 12.1 Å². The van der Waals surface area contributed by atoms with Crippen LogP contribution in [0.3, 0.4) is 0 Å². The first kappa shape index (κ1) is 35.1. The molecule has 0 bridgehead atoms. The number of hydrogen-bond donors (Lipinski definition) is 4. The second kappa shape index (κ2) is 15.4. The molecule has 4 N–H and O–H groups in total. The number of aliphatic carboxylic acids is 1. The SMILES string of the molecule is CC(C)[C@@H](NC(=O)CC1(NCCCc2ccc(C3[C@@H](CCC(O)c4ccc(F)cc4)C(=O)N3c3ccc(F)cc3)cc2)COC1)C(=O)O. The van der Waals surface area contributed by atoms with Crippen molar-refractivity contribution < 1.29 is 38.1 Å². The molecule has 2 fully saturated rings. The van der Waals surface area contributed by atoms with Crippen molar-refractivity contribution in [1.82, 2.24) is 10.6 Å². The largest absolute Gasteiger partial charge is 0.480 e. The highest BCUT2D eigenvalue weighted by Crippen LogP contribution is 2.46. The Balaban J connectivity index is 1.18. The van der Waals surface area contributed by atoms with Gasteiger partial charge in [-0.2, -0.15) is 0 Å². The lowest BCUT2D eigenvalue weighted by atomic mass is 9.78. The van der Waals surface area contributed by atoms with Gasteiger partial charge in [-0.15, -0.1) is 0 Å². The molecule has 2 aliphatic rings. The number of carbonyl (C=O) groups is 3. The first-order valence-electron chi connectivity index (χ1n) is 16.4. The van der Waals surface area contributed by atoms with Crippen LogP contribution < -0.4 is 15.5 Å². The quantitative estimate of drug-likeness (QED) is 0.124. The summed E-state index contributed by atoms with van der Waals surface area (Å²) in [5, 5.41) is 26.2. The molecule has 48 heavy (non-hydrogen) atoms. The lowest BCUT2D eigenvalue weighted by Gasteiger charge is -2.48. The number of halogens is 2. The van der Waals surface area contributed by atoms with Gasteiger partial charge in [0.15, 0.2) is 0 Å². The van der Waals surface area contributed by atoms with E-state index in [4.69, 9.17) is 4.74 Å². The average Bonchev–Trinajstić information content (AvgIpc) is 3.04. The Morgan fingerprint density at radius 3 is 2.17 bits per heavy atom. The first-order chi connectivity index (χ1) is 23.0. The standard InChI is InChI=1S/C37H43F2N3O6/c1-23(2)33(36(46)47)41-32(44)20-37(21-48-22-37)40-19-3-4-24-5-7-26(8-6-24)34-30(17-18-31(43)25-9-11-27(38)12-10-25)35(45)42(34)29-15-13-28(39)14-16-29/h5-16,23,30-31,33-34,40,43H,3-4,17-22H2,1-2H3,(H,41,44)(H,46,47)/t30-,31?,33-,34?/m1/s1. The number of benzene rings is 3. The highest BCUT2D eigenvalue weighted by atomic mass is 19.1. The van der Waals surface area contributed by atoms with E-state index in [0.717, 1.165) is 24.0 Å². The zero-order chi connectivity index (χ0) is 34.4. The molecule has 9 nitrogen and oxygen atoms in total. The van der Waals surface area contributed by atoms with E-state index in [1.165, 1.54) is 24.3 Å². The number of amides is 2. The molecule has 0 radical (unpaired) electrons. The Hall–Kier alpha value is -4.19. The fraction of sp³-hybridized carbons (Fsp3) is 0.432. The summed E-state index contributed by atoms with van der Waals surface area (Å²) < 4.78 is 32.4. The fourth-order valence-corrected chi connectivity index (χ4v) is 6.48. The summed E-state index contributed by atoms with van der Waals surface area (Å²) >= 11 is 0. The second-order valence-corrected chi connectivity index (χ2v) is 13.2. The smallest absolute Gasteiger partial charge is 0.326 e. The van der Waals surface area contributed by atoms with Gasteiger partial charge in [-0.25, -0.2) is 13.6 Å². The number of aliphatic hydroxyl groups is 1. The molecule has 0 spiro atoms. The van der Waals surface area contributed by atoms with Gasteiger partial charge < -0.3 is 30.5 Å². The minimum absolute atomic E-state index is 0.0988. The highest BCUT2D eigenvalue weighted by molar-refractivity contribution is 6.03. The number of aliphatic hydroxyl groups excluding tert-OH is 1. The van der Waals surface area contributed by atoms with E-state index in [-0.39, 0.29) is 41.9 Å². The summed E-state index contributed by atoms with van der Waals surface area (Å²) in [6.45, 7) is 4.89. The normalized spacial score (nSPS) is 19.7. The number of β-lactam (4-membered cyclic amide) rings is 1. The summed E-state index contributed by atoms with van der Waals surface area (Å²) in [6, 6.07) is 18.3. The number of carboxylic acid groups (broad SMARTS) is 1. The van der Waals surface area contributed by atoms with Crippen LogP contribution in [0.1, 0.15) is 68.4 Å². The molecule has 3 aromatic carbocycles. The molecule has 2 heterocycles. The molecule has 0 aromatic heterocycles. The van der Waals surface area contributed by atoms with E-state index in [9.17, 15) is 33.4 Å². The first-order valence-corrected chi connectivity index (χ1v) is 16.4. The third-order valence-electron chi connectivity index (χ3n) is 9.29. The molecule has 3 aromatic rings. The Labute approximate surface area is 279 Å². The maximum absolute atomic E-state index is 13.7. The summed E-state index contributed by atoms with van der Waals surface area (Å²) in [7, 11) is 0. The monoisotopic (exact) mass is 663 g/mol. The number of rotatable bonds is 16. The van der Waals surface area contributed by atoms with E-state index in [0.29, 0.717) is 43.9 Å². The molecular formula is C37H43F2N3O6. The minimum atomic E-state index is -1.06. The highest BCUT2D eigenvalue weighted by Gasteiger charge is 2.48. The van der Waals surface area contributed by atoms with Crippen LogP contribution in [0.25, 0.3) is 0 Å². The molecule has 5 rings (SSSR count). The number of nitrogens with one attached hydrogen (secondary N) is 2. The average molecular weight is 664 g/mol. The van der Waals surface area contributed by atoms with Crippen molar-refractivity contribution >= 4 is 23.5 Å². The molecule has 2 unspecified atom stereocenters. The molecule has 256 valence electrons. The van der Waals surface area contributed by atoms with Gasteiger partial charge in [0.25, 0.3) is 0 Å². The van der Waals surface area contributed by atoms with Crippen LogP contribution >= 0.6 is 0 Å². The van der Waals surface area contributed by atoms with Gasteiger partial charge >= 0.3 is 5.97 Å². The third kappa shape index (κ3) is 8.26. The number of carbonyl (C=O) groups excluding carboxylic acids is 2. The van der Waals surface area contributed by atoms with Gasteiger partial charge in [-0.1, -0.05) is 50.2 Å². The van der Waals surface area contributed by atoms with Crippen LogP contribution in [0.15, 0.2) is 72.8 Å². The van der Waals surface area contributed by atoms with E-state index in [1.54, 1.807) is 43.0 Å². The van der Waals surface area contributed by atoms with Crippen LogP contribution in [-0.4, -0.2) is 59.3 Å². The second-order valence-electron chi connectivity index (χ2n) is 13.2. The minimum Gasteiger partial charge on any atom is -0.480 e. The van der Waals surface area contributed by atoms with E-state index in [2.05, 4.69) is 10.6 Å². The van der Waals surface area contributed by atoms with E-state index in [1.807, 2.05) is 24.3 Å². The Morgan fingerprint density at radius 2 is 1.60 bits per heavy atom. The molecule has 11 heteroatoms. The zero-order valence-electron chi connectivity index (χ0n) is 27.2. The number of anilines is 1. The fourth-order valence-electron chi connectivity index (χ4n) is 6.48. The lowest BCUT2D eigenvalue weighted by molar-refractivity contribution is -0.144. The lowest BCUT2D eigenvalue weighted by Crippen LogP contribution is -2.63. The van der Waals surface area contributed by atoms with Gasteiger partial charge in [-0.05, 0) is 91.2 Å².